The van der Waals surface area contributed by atoms with Crippen molar-refractivity contribution < 1.29 is 17.9 Å². The van der Waals surface area contributed by atoms with Gasteiger partial charge in [0.15, 0.2) is 11.5 Å². The van der Waals surface area contributed by atoms with Crippen molar-refractivity contribution in [1.82, 2.24) is 4.31 Å². The first-order valence-electron chi connectivity index (χ1n) is 5.58. The largest absolute Gasteiger partial charge is 0.454 e. The zero-order valence-corrected chi connectivity index (χ0v) is 10.1. The van der Waals surface area contributed by atoms with Gasteiger partial charge >= 0.3 is 0 Å². The van der Waals surface area contributed by atoms with Crippen LogP contribution in [0.5, 0.6) is 11.5 Å². The van der Waals surface area contributed by atoms with Gasteiger partial charge in [0.25, 0.3) is 0 Å². The molecule has 0 aromatic heterocycles. The average molecular weight is 255 g/mol. The fraction of sp³-hybridized carbons (Fsp3) is 0.455. The number of fused-ring (bicyclic) bond motifs is 1. The third kappa shape index (κ3) is 1.77. The molecule has 0 aliphatic carbocycles. The topological polar surface area (TPSA) is 55.8 Å². The van der Waals surface area contributed by atoms with Crippen LogP contribution in [0.25, 0.3) is 0 Å². The zero-order valence-electron chi connectivity index (χ0n) is 9.26. The Labute approximate surface area is 100.0 Å². The van der Waals surface area contributed by atoms with Crippen LogP contribution in [-0.2, 0) is 10.0 Å². The summed E-state index contributed by atoms with van der Waals surface area (Å²) < 4.78 is 36.4. The lowest BCUT2D eigenvalue weighted by Crippen LogP contribution is -2.27. The second-order valence-electron chi connectivity index (χ2n) is 4.13. The summed E-state index contributed by atoms with van der Waals surface area (Å²) in [5.41, 5.74) is 0. The molecule has 1 aromatic rings. The Morgan fingerprint density at radius 2 is 1.76 bits per heavy atom. The highest BCUT2D eigenvalue weighted by Gasteiger charge is 2.28. The maximum absolute atomic E-state index is 12.3. The summed E-state index contributed by atoms with van der Waals surface area (Å²) in [6.45, 7) is 1.37. The van der Waals surface area contributed by atoms with E-state index in [1.54, 1.807) is 12.1 Å². The molecule has 17 heavy (non-hydrogen) atoms. The number of sulfonamides is 1. The van der Waals surface area contributed by atoms with Gasteiger partial charge in [-0.25, -0.2) is 8.42 Å². The highest BCUT2D eigenvalue weighted by molar-refractivity contribution is 7.89. The van der Waals surface area contributed by atoms with Crippen LogP contribution in [0.3, 0.4) is 0 Å². The highest BCUT2D eigenvalue weighted by atomic mass is 32.2. The maximum atomic E-state index is 12.3. The van der Waals surface area contributed by atoms with Gasteiger partial charge in [-0.15, -0.1) is 0 Å². The molecule has 0 amide bonds. The summed E-state index contributed by atoms with van der Waals surface area (Å²) in [4.78, 5) is 0.281. The number of benzene rings is 1. The van der Waals surface area contributed by atoms with Gasteiger partial charge in [-0.3, -0.25) is 0 Å². The van der Waals surface area contributed by atoms with E-state index >= 15 is 0 Å². The van der Waals surface area contributed by atoms with E-state index in [-0.39, 0.29) is 11.7 Å². The molecule has 92 valence electrons. The summed E-state index contributed by atoms with van der Waals surface area (Å²) in [5.74, 6) is 1.11. The molecule has 6 heteroatoms. The lowest BCUT2D eigenvalue weighted by Gasteiger charge is -2.15. The van der Waals surface area contributed by atoms with Crippen LogP contribution in [0.1, 0.15) is 12.8 Å². The molecule has 1 fully saturated rings. The minimum atomic E-state index is -3.36. The molecule has 0 spiro atoms. The SMILES string of the molecule is O=S(=O)(c1ccc2c(c1)OCO2)N1CCCC1. The van der Waals surface area contributed by atoms with Gasteiger partial charge in [0.05, 0.1) is 4.90 Å². The molecule has 2 heterocycles. The van der Waals surface area contributed by atoms with Crippen LogP contribution in [0, 0.1) is 0 Å². The van der Waals surface area contributed by atoms with Crippen LogP contribution in [0.2, 0.25) is 0 Å². The van der Waals surface area contributed by atoms with Crippen molar-refractivity contribution in [2.45, 2.75) is 17.7 Å². The summed E-state index contributed by atoms with van der Waals surface area (Å²) in [7, 11) is -3.36. The Morgan fingerprint density at radius 1 is 1.06 bits per heavy atom. The van der Waals surface area contributed by atoms with Crippen molar-refractivity contribution in [3.05, 3.63) is 18.2 Å². The molecular formula is C11H13NO4S. The molecule has 2 aliphatic rings. The van der Waals surface area contributed by atoms with E-state index in [0.717, 1.165) is 12.8 Å². The average Bonchev–Trinajstić information content (AvgIpc) is 2.99. The third-order valence-electron chi connectivity index (χ3n) is 3.05. The van der Waals surface area contributed by atoms with Crippen molar-refractivity contribution in [2.75, 3.05) is 19.9 Å². The monoisotopic (exact) mass is 255 g/mol. The van der Waals surface area contributed by atoms with Crippen molar-refractivity contribution in [2.24, 2.45) is 0 Å². The zero-order chi connectivity index (χ0) is 11.9. The van der Waals surface area contributed by atoms with Gasteiger partial charge < -0.3 is 9.47 Å². The van der Waals surface area contributed by atoms with Crippen molar-refractivity contribution in [1.29, 1.82) is 0 Å². The van der Waals surface area contributed by atoms with Gasteiger partial charge in [0, 0.05) is 19.2 Å². The number of nitrogens with zero attached hydrogens (tertiary/aromatic N) is 1. The second-order valence-corrected chi connectivity index (χ2v) is 6.06. The quantitative estimate of drug-likeness (QED) is 0.796. The number of hydrogen-bond acceptors (Lipinski definition) is 4. The number of hydrogen-bond donors (Lipinski definition) is 0. The summed E-state index contributed by atoms with van der Waals surface area (Å²) >= 11 is 0. The second kappa shape index (κ2) is 3.89. The van der Waals surface area contributed by atoms with E-state index in [1.807, 2.05) is 0 Å². The van der Waals surface area contributed by atoms with Crippen molar-refractivity contribution in [3.63, 3.8) is 0 Å². The standard InChI is InChI=1S/C11H13NO4S/c13-17(14,12-5-1-2-6-12)9-3-4-10-11(7-9)16-8-15-10/h3-4,7H,1-2,5-6,8H2. The molecule has 1 saturated heterocycles. The van der Waals surface area contributed by atoms with Crippen LogP contribution in [0.15, 0.2) is 23.1 Å². The predicted molar refractivity (Wildman–Crippen MR) is 60.6 cm³/mol. The maximum Gasteiger partial charge on any atom is 0.243 e. The lowest BCUT2D eigenvalue weighted by atomic mass is 10.3. The molecule has 0 radical (unpaired) electrons. The van der Waals surface area contributed by atoms with E-state index in [1.165, 1.54) is 10.4 Å². The number of rotatable bonds is 2. The Balaban J connectivity index is 1.98. The van der Waals surface area contributed by atoms with Crippen LogP contribution < -0.4 is 9.47 Å². The van der Waals surface area contributed by atoms with E-state index in [2.05, 4.69) is 0 Å². The summed E-state index contributed by atoms with van der Waals surface area (Å²) in [6.07, 6.45) is 1.87. The van der Waals surface area contributed by atoms with Gasteiger partial charge in [0.1, 0.15) is 0 Å². The first-order valence-corrected chi connectivity index (χ1v) is 7.02. The van der Waals surface area contributed by atoms with E-state index in [9.17, 15) is 8.42 Å². The van der Waals surface area contributed by atoms with Crippen molar-refractivity contribution >= 4 is 10.0 Å². The molecule has 0 bridgehead atoms. The fourth-order valence-electron chi connectivity index (χ4n) is 2.11. The molecule has 0 unspecified atom stereocenters. The molecule has 5 nitrogen and oxygen atoms in total. The van der Waals surface area contributed by atoms with Crippen LogP contribution in [0.4, 0.5) is 0 Å². The Bertz CT molecular complexity index is 534. The Morgan fingerprint density at radius 3 is 2.53 bits per heavy atom. The highest BCUT2D eigenvalue weighted by Crippen LogP contribution is 2.35. The molecular weight excluding hydrogens is 242 g/mol. The van der Waals surface area contributed by atoms with Gasteiger partial charge in [-0.05, 0) is 25.0 Å². The molecule has 2 aliphatic heterocycles. The smallest absolute Gasteiger partial charge is 0.243 e. The first kappa shape index (κ1) is 10.9. The van der Waals surface area contributed by atoms with E-state index in [0.29, 0.717) is 24.6 Å². The van der Waals surface area contributed by atoms with Crippen LogP contribution in [-0.4, -0.2) is 32.6 Å². The fourth-order valence-corrected chi connectivity index (χ4v) is 3.65. The van der Waals surface area contributed by atoms with E-state index < -0.39 is 10.0 Å². The molecule has 0 N–H and O–H groups in total. The lowest BCUT2D eigenvalue weighted by molar-refractivity contribution is 0.174. The predicted octanol–water partition coefficient (Wildman–Crippen LogP) is 1.20. The molecule has 0 saturated carbocycles. The summed E-state index contributed by atoms with van der Waals surface area (Å²) in [6, 6.07) is 4.75. The van der Waals surface area contributed by atoms with Crippen LogP contribution >= 0.6 is 0 Å². The third-order valence-corrected chi connectivity index (χ3v) is 4.94. The van der Waals surface area contributed by atoms with Gasteiger partial charge in [0.2, 0.25) is 16.8 Å². The first-order chi connectivity index (χ1) is 8.18. The minimum absolute atomic E-state index is 0.155. The molecule has 0 atom stereocenters. The number of ether oxygens (including phenoxy) is 2. The van der Waals surface area contributed by atoms with Gasteiger partial charge in [-0.1, -0.05) is 0 Å². The summed E-state index contributed by atoms with van der Waals surface area (Å²) in [5, 5.41) is 0. The molecule has 3 rings (SSSR count). The Hall–Kier alpha value is -1.27. The minimum Gasteiger partial charge on any atom is -0.454 e. The Kier molecular flexibility index (Phi) is 2.48. The normalized spacial score (nSPS) is 19.8. The van der Waals surface area contributed by atoms with E-state index in [4.69, 9.17) is 9.47 Å². The van der Waals surface area contributed by atoms with Crippen molar-refractivity contribution in [3.8, 4) is 11.5 Å². The van der Waals surface area contributed by atoms with Gasteiger partial charge in [-0.2, -0.15) is 4.31 Å². The molecule has 1 aromatic carbocycles.